The molecule has 0 spiro atoms. The Kier molecular flexibility index (Phi) is 12.3. The van der Waals surface area contributed by atoms with Gasteiger partial charge in [-0.05, 0) is 80.5 Å². The van der Waals surface area contributed by atoms with E-state index in [1.165, 1.54) is 23.6 Å². The third-order valence-electron chi connectivity index (χ3n) is 7.33. The fraction of sp³-hybridized carbons (Fsp3) is 0.567. The van der Waals surface area contributed by atoms with Gasteiger partial charge in [-0.25, -0.2) is 0 Å². The van der Waals surface area contributed by atoms with Crippen LogP contribution < -0.4 is 0 Å². The highest BCUT2D eigenvalue weighted by Gasteiger charge is 2.41. The summed E-state index contributed by atoms with van der Waals surface area (Å²) in [6, 6.07) is 21.7. The number of rotatable bonds is 10. The van der Waals surface area contributed by atoms with Gasteiger partial charge in [0.25, 0.3) is 0 Å². The van der Waals surface area contributed by atoms with Gasteiger partial charge in [-0.2, -0.15) is 18.4 Å². The highest BCUT2D eigenvalue weighted by molar-refractivity contribution is 5.26. The summed E-state index contributed by atoms with van der Waals surface area (Å²) < 4.78 is 38.8. The average molecular weight is 487 g/mol. The van der Waals surface area contributed by atoms with Gasteiger partial charge in [0.1, 0.15) is 0 Å². The van der Waals surface area contributed by atoms with Gasteiger partial charge in [0, 0.05) is 19.5 Å². The maximum absolute atomic E-state index is 12.9. The van der Waals surface area contributed by atoms with E-state index in [0.29, 0.717) is 18.9 Å². The van der Waals surface area contributed by atoms with Crippen molar-refractivity contribution in [2.75, 3.05) is 13.1 Å². The second-order valence-electron chi connectivity index (χ2n) is 9.52. The molecule has 0 heterocycles. The van der Waals surface area contributed by atoms with Crippen LogP contribution in [0, 0.1) is 17.2 Å². The summed E-state index contributed by atoms with van der Waals surface area (Å²) in [4.78, 5) is 2.60. The predicted octanol–water partition coefficient (Wildman–Crippen LogP) is 8.33. The molecule has 0 aliphatic heterocycles. The van der Waals surface area contributed by atoms with E-state index in [1.54, 1.807) is 6.07 Å². The molecular weight excluding hydrogens is 445 g/mol. The normalized spacial score (nSPS) is 18.9. The van der Waals surface area contributed by atoms with Gasteiger partial charge in [0.2, 0.25) is 0 Å². The van der Waals surface area contributed by atoms with E-state index in [0.717, 1.165) is 38.8 Å². The van der Waals surface area contributed by atoms with Crippen LogP contribution >= 0.6 is 0 Å². The summed E-state index contributed by atoms with van der Waals surface area (Å²) in [5, 5.41) is 7.32. The Morgan fingerprint density at radius 2 is 1.49 bits per heavy atom. The van der Waals surface area contributed by atoms with Crippen molar-refractivity contribution in [3.05, 3.63) is 71.3 Å². The monoisotopic (exact) mass is 486 g/mol. The third-order valence-corrected chi connectivity index (χ3v) is 7.33. The van der Waals surface area contributed by atoms with E-state index < -0.39 is 12.1 Å². The van der Waals surface area contributed by atoms with Crippen molar-refractivity contribution in [3.63, 3.8) is 0 Å². The first-order chi connectivity index (χ1) is 16.8. The van der Waals surface area contributed by atoms with Crippen molar-refractivity contribution >= 4 is 0 Å². The minimum atomic E-state index is -4.03. The summed E-state index contributed by atoms with van der Waals surface area (Å²) in [5.74, 6) is -0.827. The maximum atomic E-state index is 12.9. The van der Waals surface area contributed by atoms with Crippen molar-refractivity contribution in [1.82, 2.24) is 4.90 Å². The van der Waals surface area contributed by atoms with Crippen LogP contribution in [-0.2, 0) is 12.8 Å². The number of nitriles is 1. The van der Waals surface area contributed by atoms with Crippen LogP contribution in [0.2, 0.25) is 0 Å². The highest BCUT2D eigenvalue weighted by Crippen LogP contribution is 2.42. The summed E-state index contributed by atoms with van der Waals surface area (Å²) in [6.07, 6.45) is 2.20. The van der Waals surface area contributed by atoms with Crippen LogP contribution in [0.5, 0.6) is 0 Å². The largest absolute Gasteiger partial charge is 0.391 e. The number of benzene rings is 2. The molecule has 3 rings (SSSR count). The van der Waals surface area contributed by atoms with Crippen molar-refractivity contribution in [2.24, 2.45) is 5.92 Å². The van der Waals surface area contributed by atoms with Crippen LogP contribution in [0.1, 0.15) is 81.9 Å². The van der Waals surface area contributed by atoms with Crippen molar-refractivity contribution in [3.8, 4) is 6.07 Å². The van der Waals surface area contributed by atoms with Gasteiger partial charge in [0.05, 0.1) is 12.0 Å². The molecule has 1 aliphatic rings. The molecule has 2 nitrogen and oxygen atoms in total. The molecule has 0 saturated heterocycles. The molecular formula is C30H41F3N2. The number of alkyl halides is 3. The Hall–Kier alpha value is -2.32. The van der Waals surface area contributed by atoms with Crippen LogP contribution in [-0.4, -0.2) is 30.2 Å². The summed E-state index contributed by atoms with van der Waals surface area (Å²) >= 11 is 0. The Morgan fingerprint density at radius 1 is 0.914 bits per heavy atom. The lowest BCUT2D eigenvalue weighted by Gasteiger charge is -2.31. The van der Waals surface area contributed by atoms with Crippen LogP contribution in [0.25, 0.3) is 0 Å². The molecule has 192 valence electrons. The van der Waals surface area contributed by atoms with Crippen molar-refractivity contribution in [1.29, 1.82) is 5.26 Å². The lowest BCUT2D eigenvalue weighted by Crippen LogP contribution is -2.36. The minimum absolute atomic E-state index is 0.268. The van der Waals surface area contributed by atoms with Crippen LogP contribution in [0.15, 0.2) is 54.6 Å². The second-order valence-corrected chi connectivity index (χ2v) is 9.52. The minimum Gasteiger partial charge on any atom is -0.300 e. The average Bonchev–Trinajstić information content (AvgIpc) is 2.87. The molecule has 1 saturated carbocycles. The molecule has 2 aromatic rings. The Morgan fingerprint density at radius 3 is 2.00 bits per heavy atom. The van der Waals surface area contributed by atoms with Gasteiger partial charge in [-0.3, -0.25) is 0 Å². The molecule has 1 fully saturated rings. The first-order valence-corrected chi connectivity index (χ1v) is 13.1. The quantitative estimate of drug-likeness (QED) is 0.337. The molecule has 2 aromatic carbocycles. The fourth-order valence-corrected chi connectivity index (χ4v) is 5.20. The number of nitrogens with zero attached hydrogens (tertiary/aromatic N) is 2. The molecule has 5 heteroatoms. The van der Waals surface area contributed by atoms with Crippen LogP contribution in [0.4, 0.5) is 13.2 Å². The van der Waals surface area contributed by atoms with Crippen LogP contribution in [0.3, 0.4) is 0 Å². The summed E-state index contributed by atoms with van der Waals surface area (Å²) in [6.45, 7) is 8.09. The highest BCUT2D eigenvalue weighted by atomic mass is 19.4. The van der Waals surface area contributed by atoms with E-state index in [9.17, 15) is 13.2 Å². The molecule has 1 aliphatic carbocycles. The summed E-state index contributed by atoms with van der Waals surface area (Å²) in [5.41, 5.74) is 3.93. The molecule has 1 unspecified atom stereocenters. The fourth-order valence-electron chi connectivity index (χ4n) is 5.20. The molecule has 0 bridgehead atoms. The second kappa shape index (κ2) is 14.9. The van der Waals surface area contributed by atoms with E-state index in [-0.39, 0.29) is 18.8 Å². The Labute approximate surface area is 210 Å². The lowest BCUT2D eigenvalue weighted by atomic mass is 9.78. The number of hydrogen-bond donors (Lipinski definition) is 0. The van der Waals surface area contributed by atoms with Gasteiger partial charge >= 0.3 is 6.18 Å². The lowest BCUT2D eigenvalue weighted by molar-refractivity contribution is -0.182. The van der Waals surface area contributed by atoms with Gasteiger partial charge in [-0.1, -0.05) is 68.4 Å². The van der Waals surface area contributed by atoms with E-state index in [4.69, 9.17) is 5.26 Å². The first kappa shape index (κ1) is 28.9. The Balaban J connectivity index is 0.00000137. The standard InChI is InChI=1S/C28H38F3N.C2H3N/c1-3-27(32(4-2)21-20-22-8-6-5-7-9-22)19-12-23-10-13-24(14-11-23)25-15-17-26(18-16-25)28(29,30)31;1-2-3/h5-11,13-14,25-27H,3-4,12,15-21H2,1-2H3;1H3. The van der Waals surface area contributed by atoms with E-state index in [1.807, 2.05) is 0 Å². The number of aryl methyl sites for hydroxylation is 1. The van der Waals surface area contributed by atoms with Gasteiger partial charge < -0.3 is 4.90 Å². The first-order valence-electron chi connectivity index (χ1n) is 13.1. The number of hydrogen-bond acceptors (Lipinski definition) is 2. The maximum Gasteiger partial charge on any atom is 0.391 e. The number of likely N-dealkylation sites (N-methyl/N-ethyl adjacent to an activating group) is 1. The molecule has 1 atom stereocenters. The van der Waals surface area contributed by atoms with Crippen molar-refractivity contribution in [2.45, 2.75) is 90.3 Å². The van der Waals surface area contributed by atoms with E-state index >= 15 is 0 Å². The molecule has 0 N–H and O–H groups in total. The zero-order valence-corrected chi connectivity index (χ0v) is 21.5. The van der Waals surface area contributed by atoms with E-state index in [2.05, 4.69) is 73.3 Å². The number of halogens is 3. The third kappa shape index (κ3) is 9.68. The SMILES string of the molecule is CC#N.CCC(CCc1ccc(C2CCC(C(F)(F)F)CC2)cc1)N(CC)CCc1ccccc1. The predicted molar refractivity (Wildman–Crippen MR) is 138 cm³/mol. The molecule has 0 amide bonds. The molecule has 0 aromatic heterocycles. The molecule has 35 heavy (non-hydrogen) atoms. The zero-order valence-electron chi connectivity index (χ0n) is 21.5. The summed E-state index contributed by atoms with van der Waals surface area (Å²) in [7, 11) is 0. The van der Waals surface area contributed by atoms with Gasteiger partial charge in [0.15, 0.2) is 0 Å². The Bertz CT molecular complexity index is 863. The zero-order chi connectivity index (χ0) is 25.7. The molecule has 0 radical (unpaired) electrons. The van der Waals surface area contributed by atoms with Gasteiger partial charge in [-0.15, -0.1) is 0 Å². The smallest absolute Gasteiger partial charge is 0.300 e. The van der Waals surface area contributed by atoms with Crippen molar-refractivity contribution < 1.29 is 13.2 Å². The topological polar surface area (TPSA) is 27.0 Å².